The number of carbonyl (C=O) groups excluding carboxylic acids is 1. The number of rotatable bonds is 5. The molecule has 4 aromatic rings. The number of anilines is 4. The molecular weight excluding hydrogens is 505 g/mol. The number of aromatic amines is 1. The molecule has 0 radical (unpaired) electrons. The monoisotopic (exact) mass is 524 g/mol. The summed E-state index contributed by atoms with van der Waals surface area (Å²) in [4.78, 5) is 29.2. The number of H-pyrrole nitrogens is 1. The predicted molar refractivity (Wildman–Crippen MR) is 130 cm³/mol. The van der Waals surface area contributed by atoms with Crippen molar-refractivity contribution in [3.8, 4) is 22.9 Å². The van der Waals surface area contributed by atoms with Crippen molar-refractivity contribution >= 4 is 29.2 Å². The molecule has 0 saturated carbocycles. The average molecular weight is 524 g/mol. The third kappa shape index (κ3) is 4.51. The van der Waals surface area contributed by atoms with E-state index in [0.29, 0.717) is 53.0 Å². The average Bonchev–Trinajstić information content (AvgIpc) is 3.46. The number of nitrogens with one attached hydrogen (secondary N) is 2. The quantitative estimate of drug-likeness (QED) is 0.397. The molecule has 38 heavy (non-hydrogen) atoms. The number of alkyl halides is 3. The topological polar surface area (TPSA) is 121 Å². The van der Waals surface area contributed by atoms with E-state index in [1.165, 1.54) is 22.3 Å². The highest BCUT2D eigenvalue weighted by Gasteiger charge is 2.35. The largest absolute Gasteiger partial charge is 0.486 e. The number of amides is 2. The second-order valence-corrected chi connectivity index (χ2v) is 8.41. The summed E-state index contributed by atoms with van der Waals surface area (Å²) in [6, 6.07) is 11.6. The normalized spacial score (nSPS) is 14.9. The van der Waals surface area contributed by atoms with Crippen molar-refractivity contribution in [2.45, 2.75) is 12.7 Å². The lowest BCUT2D eigenvalue weighted by atomic mass is 10.1. The molecule has 0 spiro atoms. The van der Waals surface area contributed by atoms with Crippen LogP contribution in [-0.2, 0) is 6.54 Å². The summed E-state index contributed by atoms with van der Waals surface area (Å²) in [5, 5.41) is 8.87. The van der Waals surface area contributed by atoms with Gasteiger partial charge in [0.05, 0.1) is 12.2 Å². The van der Waals surface area contributed by atoms with Gasteiger partial charge >= 0.3 is 12.2 Å². The van der Waals surface area contributed by atoms with Gasteiger partial charge in [0.15, 0.2) is 23.1 Å². The number of benzene rings is 2. The molecule has 0 fully saturated rings. The molecule has 4 heterocycles. The number of hydrogen-bond acceptors (Lipinski definition) is 8. The van der Waals surface area contributed by atoms with E-state index in [9.17, 15) is 18.0 Å². The minimum Gasteiger partial charge on any atom is -0.486 e. The van der Waals surface area contributed by atoms with Crippen molar-refractivity contribution in [1.29, 1.82) is 0 Å². The Morgan fingerprint density at radius 1 is 1.00 bits per heavy atom. The highest BCUT2D eigenvalue weighted by Crippen LogP contribution is 2.39. The first-order valence-corrected chi connectivity index (χ1v) is 11.5. The molecule has 2 aromatic carbocycles. The number of fused-ring (bicyclic) bond motifs is 2. The Morgan fingerprint density at radius 3 is 2.50 bits per heavy atom. The summed E-state index contributed by atoms with van der Waals surface area (Å²) in [6.45, 7) is -0.395. The molecule has 2 N–H and O–H groups in total. The molecule has 0 saturated heterocycles. The summed E-state index contributed by atoms with van der Waals surface area (Å²) in [7, 11) is 0. The third-order valence-corrected chi connectivity index (χ3v) is 5.89. The van der Waals surface area contributed by atoms with Gasteiger partial charge in [-0.05, 0) is 36.4 Å². The smallest absolute Gasteiger partial charge is 0.405 e. The Kier molecular flexibility index (Phi) is 5.70. The fraction of sp³-hybridized carbons (Fsp3) is 0.208. The van der Waals surface area contributed by atoms with Crippen LogP contribution in [0.4, 0.5) is 41.1 Å². The molecule has 6 rings (SSSR count). The Balaban J connectivity index is 1.39. The van der Waals surface area contributed by atoms with Gasteiger partial charge in [-0.15, -0.1) is 0 Å². The van der Waals surface area contributed by atoms with Crippen molar-refractivity contribution in [2.75, 3.05) is 34.9 Å². The van der Waals surface area contributed by atoms with E-state index in [-0.39, 0.29) is 18.3 Å². The van der Waals surface area contributed by atoms with E-state index in [0.717, 1.165) is 0 Å². The fourth-order valence-electron chi connectivity index (χ4n) is 4.16. The maximum atomic E-state index is 13.9. The number of hydrogen-bond donors (Lipinski definition) is 2. The van der Waals surface area contributed by atoms with Gasteiger partial charge in [0, 0.05) is 29.1 Å². The van der Waals surface area contributed by atoms with Crippen LogP contribution < -0.4 is 24.6 Å². The van der Waals surface area contributed by atoms with Crippen molar-refractivity contribution in [3.05, 3.63) is 60.6 Å². The number of urea groups is 1. The van der Waals surface area contributed by atoms with Crippen LogP contribution in [0.2, 0.25) is 0 Å². The third-order valence-electron chi connectivity index (χ3n) is 5.89. The number of ether oxygens (including phenoxy) is 2. The van der Waals surface area contributed by atoms with Crippen LogP contribution in [0.25, 0.3) is 11.4 Å². The van der Waals surface area contributed by atoms with Gasteiger partial charge in [-0.1, -0.05) is 0 Å². The van der Waals surface area contributed by atoms with Crippen LogP contribution >= 0.6 is 0 Å². The second-order valence-electron chi connectivity index (χ2n) is 8.41. The maximum Gasteiger partial charge on any atom is 0.405 e. The van der Waals surface area contributed by atoms with Gasteiger partial charge in [-0.3, -0.25) is 10.00 Å². The predicted octanol–water partition coefficient (Wildman–Crippen LogP) is 4.29. The van der Waals surface area contributed by atoms with Gasteiger partial charge in [0.25, 0.3) is 0 Å². The van der Waals surface area contributed by atoms with Crippen LogP contribution in [0.3, 0.4) is 0 Å². The fourth-order valence-corrected chi connectivity index (χ4v) is 4.16. The lowest BCUT2D eigenvalue weighted by molar-refractivity contribution is -0.115. The Bertz CT molecular complexity index is 1480. The van der Waals surface area contributed by atoms with E-state index in [2.05, 4.69) is 30.5 Å². The summed E-state index contributed by atoms with van der Waals surface area (Å²) in [6.07, 6.45) is -1.60. The van der Waals surface area contributed by atoms with Crippen molar-refractivity contribution in [3.63, 3.8) is 0 Å². The van der Waals surface area contributed by atoms with Crippen LogP contribution in [0, 0.1) is 0 Å². The Morgan fingerprint density at radius 2 is 1.76 bits per heavy atom. The highest BCUT2D eigenvalue weighted by molar-refractivity contribution is 6.10. The summed E-state index contributed by atoms with van der Waals surface area (Å²) < 4.78 is 49.6. The SMILES string of the molecule is O=C1N(c2ccc3c(c2)OCCO3)Cc2cnc(NCC(F)(F)F)nc2N1c1ccc(-c2nc[nH]n2)cc1. The van der Waals surface area contributed by atoms with Crippen molar-refractivity contribution in [2.24, 2.45) is 0 Å². The van der Waals surface area contributed by atoms with E-state index in [1.807, 2.05) is 0 Å². The zero-order chi connectivity index (χ0) is 26.3. The number of aromatic nitrogens is 5. The van der Waals surface area contributed by atoms with Gasteiger partial charge in [-0.2, -0.15) is 23.3 Å². The molecule has 2 amide bonds. The van der Waals surface area contributed by atoms with E-state index in [1.54, 1.807) is 42.5 Å². The first-order chi connectivity index (χ1) is 18.4. The van der Waals surface area contributed by atoms with Gasteiger partial charge < -0.3 is 14.8 Å². The van der Waals surface area contributed by atoms with Crippen molar-refractivity contribution in [1.82, 2.24) is 25.1 Å². The van der Waals surface area contributed by atoms with E-state index < -0.39 is 18.8 Å². The molecule has 2 aliphatic heterocycles. The minimum atomic E-state index is -4.46. The maximum absolute atomic E-state index is 13.9. The van der Waals surface area contributed by atoms with Crippen LogP contribution in [-0.4, -0.2) is 57.1 Å². The zero-order valence-electron chi connectivity index (χ0n) is 19.6. The molecule has 2 aliphatic rings. The van der Waals surface area contributed by atoms with E-state index >= 15 is 0 Å². The first-order valence-electron chi connectivity index (χ1n) is 11.5. The van der Waals surface area contributed by atoms with E-state index in [4.69, 9.17) is 9.47 Å². The molecule has 0 atom stereocenters. The van der Waals surface area contributed by atoms with Crippen LogP contribution in [0.15, 0.2) is 55.0 Å². The standard InChI is InChI=1S/C24H19F3N8O3/c25-24(26,27)12-29-22-28-10-15-11-34(17-5-6-18-19(9-17)38-8-7-37-18)23(36)35(21(15)32-22)16-3-1-14(2-4-16)20-30-13-31-33-20/h1-6,9-10,13H,7-8,11-12H2,(H,28,29,32)(H,30,31,33). The molecular formula is C24H19F3N8O3. The lowest BCUT2D eigenvalue weighted by Crippen LogP contribution is -2.45. The van der Waals surface area contributed by atoms with Crippen molar-refractivity contribution < 1.29 is 27.4 Å². The van der Waals surface area contributed by atoms with Gasteiger partial charge in [0.2, 0.25) is 5.95 Å². The molecule has 0 aliphatic carbocycles. The van der Waals surface area contributed by atoms with Crippen LogP contribution in [0.1, 0.15) is 5.56 Å². The number of nitrogens with zero attached hydrogens (tertiary/aromatic N) is 6. The first kappa shape index (κ1) is 23.5. The molecule has 0 unspecified atom stereocenters. The molecule has 14 heteroatoms. The van der Waals surface area contributed by atoms with Crippen LogP contribution in [0.5, 0.6) is 11.5 Å². The summed E-state index contributed by atoms with van der Waals surface area (Å²) >= 11 is 0. The molecule has 194 valence electrons. The highest BCUT2D eigenvalue weighted by atomic mass is 19.4. The number of halogens is 3. The Labute approximate surface area is 213 Å². The molecule has 11 nitrogen and oxygen atoms in total. The summed E-state index contributed by atoms with van der Waals surface area (Å²) in [5.74, 6) is 1.49. The Hall–Kier alpha value is -4.88. The van der Waals surface area contributed by atoms with Gasteiger partial charge in [-0.25, -0.2) is 19.7 Å². The summed E-state index contributed by atoms with van der Waals surface area (Å²) in [5.41, 5.74) is 2.23. The van der Waals surface area contributed by atoms with Gasteiger partial charge in [0.1, 0.15) is 26.1 Å². The molecule has 0 bridgehead atoms. The second kappa shape index (κ2) is 9.21. The molecule has 2 aromatic heterocycles. The zero-order valence-corrected chi connectivity index (χ0v) is 19.6. The number of carbonyl (C=O) groups is 1. The minimum absolute atomic E-state index is 0.0964. The lowest BCUT2D eigenvalue weighted by Gasteiger charge is -2.36.